The molecule has 0 amide bonds. The number of hydrogen-bond donors (Lipinski definition) is 0. The van der Waals surface area contributed by atoms with Crippen LogP contribution in [0, 0.1) is 0 Å². The van der Waals surface area contributed by atoms with E-state index in [-0.39, 0.29) is 5.31 Å². The zero-order valence-corrected chi connectivity index (χ0v) is 13.0. The van der Waals surface area contributed by atoms with Gasteiger partial charge in [0.05, 0.1) is 7.85 Å². The summed E-state index contributed by atoms with van der Waals surface area (Å²) in [5, 5.41) is 0.0431. The largest absolute Gasteiger partial charge is 0.0885 e. The fourth-order valence-electron chi connectivity index (χ4n) is 2.22. The second kappa shape index (κ2) is 11.9. The first-order valence-electron chi connectivity index (χ1n) is 8.06. The molecule has 0 rings (SSSR count). The van der Waals surface area contributed by atoms with E-state index in [4.69, 9.17) is 7.85 Å². The van der Waals surface area contributed by atoms with Crippen molar-refractivity contribution < 1.29 is 0 Å². The molecule has 18 heavy (non-hydrogen) atoms. The van der Waals surface area contributed by atoms with Crippen molar-refractivity contribution in [2.45, 2.75) is 96.7 Å². The molecular weight excluding hydrogens is 215 g/mol. The minimum Gasteiger partial charge on any atom is -0.0885 e. The van der Waals surface area contributed by atoms with E-state index in [1.165, 1.54) is 51.4 Å². The van der Waals surface area contributed by atoms with E-state index in [0.29, 0.717) is 0 Å². The predicted octanol–water partition coefficient (Wildman–Crippen LogP) is 6.22. The minimum atomic E-state index is 0.0431. The highest BCUT2D eigenvalue weighted by Crippen LogP contribution is 2.33. The van der Waals surface area contributed by atoms with Gasteiger partial charge in [-0.3, -0.25) is 0 Å². The minimum absolute atomic E-state index is 0.0431. The lowest BCUT2D eigenvalue weighted by Gasteiger charge is -2.24. The van der Waals surface area contributed by atoms with E-state index < -0.39 is 0 Å². The first-order chi connectivity index (χ1) is 8.62. The molecule has 0 heterocycles. The van der Waals surface area contributed by atoms with Crippen molar-refractivity contribution in [2.24, 2.45) is 0 Å². The average Bonchev–Trinajstić information content (AvgIpc) is 2.34. The summed E-state index contributed by atoms with van der Waals surface area (Å²) in [5.41, 5.74) is 0. The zero-order chi connectivity index (χ0) is 13.7. The quantitative estimate of drug-likeness (QED) is 0.218. The van der Waals surface area contributed by atoms with Gasteiger partial charge < -0.3 is 0 Å². The normalized spacial score (nSPS) is 15.1. The Bertz CT molecular complexity index is 194. The van der Waals surface area contributed by atoms with Gasteiger partial charge in [0, 0.05) is 0 Å². The van der Waals surface area contributed by atoms with Crippen molar-refractivity contribution >= 4 is 7.85 Å². The van der Waals surface area contributed by atoms with E-state index in [9.17, 15) is 0 Å². The molecular formula is C17H33B. The molecule has 0 nitrogen and oxygen atoms in total. The molecule has 0 aliphatic heterocycles. The van der Waals surface area contributed by atoms with E-state index in [1.54, 1.807) is 0 Å². The zero-order valence-electron chi connectivity index (χ0n) is 13.0. The Balaban J connectivity index is 3.41. The molecule has 1 heteroatoms. The van der Waals surface area contributed by atoms with Gasteiger partial charge >= 0.3 is 0 Å². The Labute approximate surface area is 117 Å². The Morgan fingerprint density at radius 2 is 1.39 bits per heavy atom. The van der Waals surface area contributed by atoms with Crippen LogP contribution in [0.3, 0.4) is 0 Å². The molecule has 1 atom stereocenters. The van der Waals surface area contributed by atoms with Crippen LogP contribution in [-0.2, 0) is 0 Å². The highest BCUT2D eigenvalue weighted by molar-refractivity contribution is 6.14. The maximum atomic E-state index is 6.26. The Kier molecular flexibility index (Phi) is 11.7. The Hall–Kier alpha value is -0.195. The third kappa shape index (κ3) is 12.3. The molecule has 0 N–H and O–H groups in total. The van der Waals surface area contributed by atoms with Crippen LogP contribution in [0.1, 0.15) is 91.4 Å². The van der Waals surface area contributed by atoms with Gasteiger partial charge in [0.25, 0.3) is 0 Å². The first kappa shape index (κ1) is 17.8. The summed E-state index contributed by atoms with van der Waals surface area (Å²) in [5.74, 6) is 0. The van der Waals surface area contributed by atoms with Gasteiger partial charge in [-0.15, -0.1) is 0 Å². The van der Waals surface area contributed by atoms with Gasteiger partial charge in [-0.05, 0) is 19.3 Å². The molecule has 0 fully saturated rings. The molecule has 0 aromatic heterocycles. The van der Waals surface area contributed by atoms with E-state index in [0.717, 1.165) is 19.3 Å². The molecule has 0 aromatic rings. The van der Waals surface area contributed by atoms with Crippen LogP contribution in [0.15, 0.2) is 12.2 Å². The summed E-state index contributed by atoms with van der Waals surface area (Å²) in [6.07, 6.45) is 18.7. The molecule has 0 spiro atoms. The summed E-state index contributed by atoms with van der Waals surface area (Å²) in [6.45, 7) is 6.69. The van der Waals surface area contributed by atoms with Crippen molar-refractivity contribution in [1.82, 2.24) is 0 Å². The maximum Gasteiger partial charge on any atom is 0.0742 e. The number of allylic oxidation sites excluding steroid dienone is 2. The maximum absolute atomic E-state index is 6.26. The third-order valence-corrected chi connectivity index (χ3v) is 3.62. The van der Waals surface area contributed by atoms with Gasteiger partial charge in [0.2, 0.25) is 0 Å². The highest BCUT2D eigenvalue weighted by Gasteiger charge is 2.14. The SMILES string of the molecule is [B]C(C)(CC/C=C/CCCCCCC)CCCC. The lowest BCUT2D eigenvalue weighted by Crippen LogP contribution is -2.07. The van der Waals surface area contributed by atoms with Gasteiger partial charge in [-0.25, -0.2) is 0 Å². The van der Waals surface area contributed by atoms with E-state index in [1.807, 2.05) is 0 Å². The predicted molar refractivity (Wildman–Crippen MR) is 85.4 cm³/mol. The van der Waals surface area contributed by atoms with Crippen LogP contribution < -0.4 is 0 Å². The molecule has 0 saturated heterocycles. The van der Waals surface area contributed by atoms with Crippen LogP contribution in [0.25, 0.3) is 0 Å². The Morgan fingerprint density at radius 3 is 2.06 bits per heavy atom. The molecule has 0 aromatic carbocycles. The van der Waals surface area contributed by atoms with Gasteiger partial charge in [0.15, 0.2) is 0 Å². The number of rotatable bonds is 12. The van der Waals surface area contributed by atoms with Crippen LogP contribution in [-0.4, -0.2) is 7.85 Å². The Morgan fingerprint density at radius 1 is 0.778 bits per heavy atom. The third-order valence-electron chi connectivity index (χ3n) is 3.62. The lowest BCUT2D eigenvalue weighted by atomic mass is 9.64. The topological polar surface area (TPSA) is 0 Å². The van der Waals surface area contributed by atoms with E-state index in [2.05, 4.69) is 32.9 Å². The molecule has 2 radical (unpaired) electrons. The molecule has 104 valence electrons. The van der Waals surface area contributed by atoms with Crippen molar-refractivity contribution in [1.29, 1.82) is 0 Å². The van der Waals surface area contributed by atoms with Crippen molar-refractivity contribution in [3.63, 3.8) is 0 Å². The van der Waals surface area contributed by atoms with Gasteiger partial charge in [0.1, 0.15) is 0 Å². The summed E-state index contributed by atoms with van der Waals surface area (Å²) in [4.78, 5) is 0. The fourth-order valence-corrected chi connectivity index (χ4v) is 2.22. The van der Waals surface area contributed by atoms with Crippen molar-refractivity contribution in [3.05, 3.63) is 12.2 Å². The summed E-state index contributed by atoms with van der Waals surface area (Å²) in [6, 6.07) is 0. The molecule has 0 aliphatic carbocycles. The molecule has 0 saturated carbocycles. The first-order valence-corrected chi connectivity index (χ1v) is 8.06. The smallest absolute Gasteiger partial charge is 0.0742 e. The van der Waals surface area contributed by atoms with Gasteiger partial charge in [-0.2, -0.15) is 0 Å². The van der Waals surface area contributed by atoms with Crippen LogP contribution in [0.4, 0.5) is 0 Å². The van der Waals surface area contributed by atoms with Crippen molar-refractivity contribution in [3.8, 4) is 0 Å². The molecule has 1 unspecified atom stereocenters. The molecule has 0 bridgehead atoms. The summed E-state index contributed by atoms with van der Waals surface area (Å²) < 4.78 is 0. The van der Waals surface area contributed by atoms with E-state index >= 15 is 0 Å². The standard InChI is InChI=1S/C17H33B/c1-4-6-8-9-10-11-12-13-14-16-17(3,18)15-7-5-2/h12-13H,4-11,14-16H2,1-3H3/b13-12+. The highest BCUT2D eigenvalue weighted by atomic mass is 14.1. The van der Waals surface area contributed by atoms with Gasteiger partial charge in [-0.1, -0.05) is 89.6 Å². The summed E-state index contributed by atoms with van der Waals surface area (Å²) in [7, 11) is 6.26. The second-order valence-corrected chi connectivity index (χ2v) is 5.97. The van der Waals surface area contributed by atoms with Crippen molar-refractivity contribution in [2.75, 3.05) is 0 Å². The molecule has 0 aliphatic rings. The van der Waals surface area contributed by atoms with Crippen LogP contribution in [0.2, 0.25) is 5.31 Å². The number of unbranched alkanes of at least 4 members (excludes halogenated alkanes) is 6. The van der Waals surface area contributed by atoms with Crippen LogP contribution in [0.5, 0.6) is 0 Å². The average molecular weight is 248 g/mol. The lowest BCUT2D eigenvalue weighted by molar-refractivity contribution is 0.498. The fraction of sp³-hybridized carbons (Fsp3) is 0.882. The second-order valence-electron chi connectivity index (χ2n) is 5.97. The monoisotopic (exact) mass is 248 g/mol. The number of hydrogen-bond acceptors (Lipinski definition) is 0. The van der Waals surface area contributed by atoms with Crippen LogP contribution >= 0.6 is 0 Å². The summed E-state index contributed by atoms with van der Waals surface area (Å²) >= 11 is 0.